The van der Waals surface area contributed by atoms with Crippen LogP contribution in [-0.2, 0) is 14.8 Å². The van der Waals surface area contributed by atoms with Gasteiger partial charge in [-0.25, -0.2) is 13.6 Å². The molecule has 6 nitrogen and oxygen atoms in total. The number of sulfonamides is 1. The van der Waals surface area contributed by atoms with Gasteiger partial charge in [0.2, 0.25) is 15.9 Å². The molecule has 4 N–H and O–H groups in total. The molecule has 1 atom stereocenters. The predicted molar refractivity (Wildman–Crippen MR) is 75.0 cm³/mol. The molecule has 1 unspecified atom stereocenters. The fraction of sp³-hybridized carbons (Fsp3) is 0.917. The Labute approximate surface area is 115 Å². The molecule has 0 bridgehead atoms. The number of nitrogens with two attached hydrogens (primary N) is 1. The molecular weight excluding hydrogens is 266 g/mol. The first-order valence-corrected chi connectivity index (χ1v) is 8.44. The number of amides is 1. The summed E-state index contributed by atoms with van der Waals surface area (Å²) in [5.74, 6) is 0.203. The number of primary sulfonamides is 1. The second kappa shape index (κ2) is 6.67. The third-order valence-corrected chi connectivity index (χ3v) is 4.65. The van der Waals surface area contributed by atoms with Gasteiger partial charge in [0, 0.05) is 12.0 Å². The Kier molecular flexibility index (Phi) is 5.76. The van der Waals surface area contributed by atoms with Crippen LogP contribution < -0.4 is 15.8 Å². The summed E-state index contributed by atoms with van der Waals surface area (Å²) in [5, 5.41) is 11.0. The highest BCUT2D eigenvalue weighted by Crippen LogP contribution is 2.31. The van der Waals surface area contributed by atoms with E-state index in [4.69, 9.17) is 5.14 Å². The van der Waals surface area contributed by atoms with Gasteiger partial charge in [-0.05, 0) is 38.3 Å². The number of hydrogen-bond acceptors (Lipinski definition) is 4. The molecular formula is C12H25N3O3S. The summed E-state index contributed by atoms with van der Waals surface area (Å²) in [6.45, 7) is 6.11. The van der Waals surface area contributed by atoms with Crippen LogP contribution in [0, 0.1) is 11.3 Å². The Hall–Kier alpha value is -0.660. The maximum atomic E-state index is 12.2. The van der Waals surface area contributed by atoms with Crippen LogP contribution in [-0.4, -0.2) is 39.7 Å². The van der Waals surface area contributed by atoms with Gasteiger partial charge in [0.1, 0.15) is 0 Å². The topological polar surface area (TPSA) is 101 Å². The molecule has 0 saturated carbocycles. The maximum absolute atomic E-state index is 12.2. The van der Waals surface area contributed by atoms with Crippen LogP contribution >= 0.6 is 0 Å². The highest BCUT2D eigenvalue weighted by Gasteiger charge is 2.36. The summed E-state index contributed by atoms with van der Waals surface area (Å²) < 4.78 is 21.6. The molecule has 1 heterocycles. The van der Waals surface area contributed by atoms with Crippen molar-refractivity contribution in [3.05, 3.63) is 0 Å². The van der Waals surface area contributed by atoms with Gasteiger partial charge >= 0.3 is 0 Å². The first-order valence-electron chi connectivity index (χ1n) is 6.73. The number of nitrogens with one attached hydrogen (secondary N) is 2. The Morgan fingerprint density at radius 2 is 2.16 bits per heavy atom. The van der Waals surface area contributed by atoms with Crippen molar-refractivity contribution in [2.24, 2.45) is 16.5 Å². The molecule has 1 saturated heterocycles. The van der Waals surface area contributed by atoms with Crippen LogP contribution in [0.2, 0.25) is 0 Å². The summed E-state index contributed by atoms with van der Waals surface area (Å²) >= 11 is 0. The summed E-state index contributed by atoms with van der Waals surface area (Å²) in [7, 11) is -3.44. The Balaban J connectivity index is 2.38. The van der Waals surface area contributed by atoms with E-state index in [0.29, 0.717) is 18.9 Å². The van der Waals surface area contributed by atoms with E-state index in [1.165, 1.54) is 0 Å². The van der Waals surface area contributed by atoms with Crippen LogP contribution in [0.3, 0.4) is 0 Å². The third kappa shape index (κ3) is 5.46. The number of carbonyl (C=O) groups excluding carboxylic acids is 1. The molecule has 112 valence electrons. The molecule has 1 aliphatic heterocycles. The lowest BCUT2D eigenvalue weighted by Crippen LogP contribution is -2.47. The Morgan fingerprint density at radius 3 is 2.68 bits per heavy atom. The molecule has 0 aromatic rings. The minimum Gasteiger partial charge on any atom is -0.356 e. The molecule has 0 aliphatic carbocycles. The zero-order valence-corrected chi connectivity index (χ0v) is 12.6. The lowest BCUT2D eigenvalue weighted by molar-refractivity contribution is -0.132. The largest absolute Gasteiger partial charge is 0.356 e. The summed E-state index contributed by atoms with van der Waals surface area (Å²) in [6, 6.07) is 0. The lowest BCUT2D eigenvalue weighted by Gasteiger charge is -2.36. The fourth-order valence-corrected chi connectivity index (χ4v) is 2.90. The van der Waals surface area contributed by atoms with Crippen molar-refractivity contribution in [1.82, 2.24) is 10.6 Å². The van der Waals surface area contributed by atoms with Crippen molar-refractivity contribution in [2.45, 2.75) is 33.1 Å². The molecule has 1 rings (SSSR count). The first kappa shape index (κ1) is 16.4. The zero-order valence-electron chi connectivity index (χ0n) is 11.7. The average molecular weight is 291 g/mol. The smallest absolute Gasteiger partial charge is 0.225 e. The number of piperidine rings is 1. The molecule has 0 aromatic heterocycles. The van der Waals surface area contributed by atoms with Crippen LogP contribution in [0.4, 0.5) is 0 Å². The normalized spacial score (nSPS) is 21.1. The fourth-order valence-electron chi connectivity index (χ4n) is 2.36. The third-order valence-electron chi connectivity index (χ3n) is 3.79. The summed E-state index contributed by atoms with van der Waals surface area (Å²) in [4.78, 5) is 12.2. The number of carbonyl (C=O) groups is 1. The van der Waals surface area contributed by atoms with Crippen molar-refractivity contribution < 1.29 is 13.2 Å². The second-order valence-corrected chi connectivity index (χ2v) is 7.48. The van der Waals surface area contributed by atoms with Crippen molar-refractivity contribution in [2.75, 3.05) is 25.4 Å². The number of rotatable bonds is 6. The molecule has 1 fully saturated rings. The first-order chi connectivity index (χ1) is 8.73. The van der Waals surface area contributed by atoms with Crippen LogP contribution in [0.5, 0.6) is 0 Å². The van der Waals surface area contributed by atoms with Crippen molar-refractivity contribution >= 4 is 15.9 Å². The summed E-state index contributed by atoms with van der Waals surface area (Å²) in [5.41, 5.74) is -0.436. The van der Waals surface area contributed by atoms with Crippen molar-refractivity contribution in [1.29, 1.82) is 0 Å². The highest BCUT2D eigenvalue weighted by molar-refractivity contribution is 7.89. The van der Waals surface area contributed by atoms with Gasteiger partial charge in [0.25, 0.3) is 0 Å². The van der Waals surface area contributed by atoms with Gasteiger partial charge in [0.05, 0.1) is 5.75 Å². The van der Waals surface area contributed by atoms with Gasteiger partial charge in [-0.2, -0.15) is 0 Å². The zero-order chi connectivity index (χ0) is 14.5. The molecule has 1 amide bonds. The number of hydrogen-bond donors (Lipinski definition) is 3. The van der Waals surface area contributed by atoms with E-state index in [2.05, 4.69) is 10.6 Å². The highest BCUT2D eigenvalue weighted by atomic mass is 32.2. The van der Waals surface area contributed by atoms with Crippen LogP contribution in [0.15, 0.2) is 0 Å². The van der Waals surface area contributed by atoms with E-state index in [-0.39, 0.29) is 11.7 Å². The monoisotopic (exact) mass is 291 g/mol. The van der Waals surface area contributed by atoms with E-state index in [0.717, 1.165) is 25.9 Å². The molecule has 1 aliphatic rings. The molecule has 0 radical (unpaired) electrons. The minimum atomic E-state index is -3.44. The van der Waals surface area contributed by atoms with Crippen molar-refractivity contribution in [3.63, 3.8) is 0 Å². The van der Waals surface area contributed by atoms with E-state index in [9.17, 15) is 13.2 Å². The Morgan fingerprint density at radius 1 is 1.47 bits per heavy atom. The van der Waals surface area contributed by atoms with E-state index < -0.39 is 15.4 Å². The minimum absolute atomic E-state index is 0.0179. The van der Waals surface area contributed by atoms with Gasteiger partial charge in [0.15, 0.2) is 0 Å². The van der Waals surface area contributed by atoms with Crippen molar-refractivity contribution in [3.8, 4) is 0 Å². The average Bonchev–Trinajstić information content (AvgIpc) is 2.34. The summed E-state index contributed by atoms with van der Waals surface area (Å²) in [6.07, 6.45) is 2.49. The molecule has 7 heteroatoms. The SMILES string of the molecule is CC(C)(C(=O)NCCCS(N)(=O)=O)C1CCCNC1. The van der Waals surface area contributed by atoms with Crippen LogP contribution in [0.25, 0.3) is 0 Å². The predicted octanol–water partition coefficient (Wildman–Crippen LogP) is -0.193. The van der Waals surface area contributed by atoms with Crippen LogP contribution in [0.1, 0.15) is 33.1 Å². The maximum Gasteiger partial charge on any atom is 0.225 e. The molecule has 19 heavy (non-hydrogen) atoms. The van der Waals surface area contributed by atoms with Gasteiger partial charge in [-0.1, -0.05) is 13.8 Å². The Bertz CT molecular complexity index is 400. The quantitative estimate of drug-likeness (QED) is 0.590. The second-order valence-electron chi connectivity index (χ2n) is 5.74. The van der Waals surface area contributed by atoms with Gasteiger partial charge in [-0.15, -0.1) is 0 Å². The van der Waals surface area contributed by atoms with E-state index >= 15 is 0 Å². The van der Waals surface area contributed by atoms with Gasteiger partial charge < -0.3 is 10.6 Å². The lowest BCUT2D eigenvalue weighted by atomic mass is 9.74. The standard InChI is InChI=1S/C12H25N3O3S/c1-12(2,10-5-3-6-14-9-10)11(16)15-7-4-8-19(13,17)18/h10,14H,3-9H2,1-2H3,(H,15,16)(H2,13,17,18). The molecule has 0 aromatic carbocycles. The molecule has 0 spiro atoms. The van der Waals surface area contributed by atoms with E-state index in [1.54, 1.807) is 0 Å². The van der Waals surface area contributed by atoms with Gasteiger partial charge in [-0.3, -0.25) is 4.79 Å². The van der Waals surface area contributed by atoms with E-state index in [1.807, 2.05) is 13.8 Å².